The van der Waals surface area contributed by atoms with Gasteiger partial charge in [0.05, 0.1) is 23.0 Å². The Bertz CT molecular complexity index is 941. The molecule has 0 radical (unpaired) electrons. The van der Waals surface area contributed by atoms with Crippen LogP contribution in [0.4, 0.5) is 10.2 Å². The summed E-state index contributed by atoms with van der Waals surface area (Å²) in [6, 6.07) is -0.0742. The number of rotatable bonds is 5. The standard InChI is InChI=1S/C21H29FN6O/c1-4-9-21(2)16-15(20(29)27-21)18(12-10-24-28(3)11-12)26-19(17(16)22)25-14-8-6-5-7-13(14)23/h10-11,13-14H,4-9,23H2,1-3H3,(H,25,26)(H,27,29)/t13-,14+,21?/m0/s1. The smallest absolute Gasteiger partial charge is 0.254 e. The van der Waals surface area contributed by atoms with E-state index >= 15 is 4.39 Å². The summed E-state index contributed by atoms with van der Waals surface area (Å²) in [6.45, 7) is 3.91. The summed E-state index contributed by atoms with van der Waals surface area (Å²) in [5.41, 5.74) is 7.36. The van der Waals surface area contributed by atoms with E-state index in [9.17, 15) is 4.79 Å². The second-order valence-corrected chi connectivity index (χ2v) is 8.51. The number of carbonyl (C=O) groups is 1. The average molecular weight is 401 g/mol. The van der Waals surface area contributed by atoms with Crippen molar-refractivity contribution in [2.75, 3.05) is 5.32 Å². The summed E-state index contributed by atoms with van der Waals surface area (Å²) < 4.78 is 17.4. The van der Waals surface area contributed by atoms with E-state index in [1.54, 1.807) is 24.1 Å². The number of anilines is 1. The fraction of sp³-hybridized carbons (Fsp3) is 0.571. The first kappa shape index (κ1) is 19.8. The van der Waals surface area contributed by atoms with Gasteiger partial charge in [0, 0.05) is 36.5 Å². The summed E-state index contributed by atoms with van der Waals surface area (Å²) >= 11 is 0. The molecule has 3 atom stereocenters. The third kappa shape index (κ3) is 3.39. The molecule has 3 heterocycles. The minimum absolute atomic E-state index is 0.0342. The second kappa shape index (κ2) is 7.40. The maximum absolute atomic E-state index is 15.8. The number of carbonyl (C=O) groups excluding carboxylic acids is 1. The van der Waals surface area contributed by atoms with E-state index < -0.39 is 11.4 Å². The largest absolute Gasteiger partial charge is 0.363 e. The van der Waals surface area contributed by atoms with Gasteiger partial charge in [0.25, 0.3) is 5.91 Å². The van der Waals surface area contributed by atoms with Gasteiger partial charge in [-0.3, -0.25) is 9.48 Å². The summed E-state index contributed by atoms with van der Waals surface area (Å²) in [5, 5.41) is 10.5. The van der Waals surface area contributed by atoms with Gasteiger partial charge >= 0.3 is 0 Å². The van der Waals surface area contributed by atoms with Crippen LogP contribution in [0.3, 0.4) is 0 Å². The van der Waals surface area contributed by atoms with Crippen molar-refractivity contribution in [3.05, 3.63) is 29.3 Å². The number of aromatic nitrogens is 3. The number of halogens is 1. The molecule has 0 aromatic carbocycles. The van der Waals surface area contributed by atoms with Gasteiger partial charge in [0.1, 0.15) is 0 Å². The minimum atomic E-state index is -0.768. The van der Waals surface area contributed by atoms with Crippen molar-refractivity contribution in [1.29, 1.82) is 0 Å². The predicted octanol–water partition coefficient (Wildman–Crippen LogP) is 3.06. The average Bonchev–Trinajstić information content (AvgIpc) is 3.21. The van der Waals surface area contributed by atoms with Crippen LogP contribution in [-0.4, -0.2) is 32.8 Å². The molecule has 4 N–H and O–H groups in total. The summed E-state index contributed by atoms with van der Waals surface area (Å²) in [4.78, 5) is 17.5. The fourth-order valence-electron chi connectivity index (χ4n) is 4.73. The minimum Gasteiger partial charge on any atom is -0.363 e. The summed E-state index contributed by atoms with van der Waals surface area (Å²) in [7, 11) is 1.80. The number of pyridine rings is 1. The summed E-state index contributed by atoms with van der Waals surface area (Å²) in [5.74, 6) is -0.578. The first-order valence-corrected chi connectivity index (χ1v) is 10.4. The van der Waals surface area contributed by atoms with E-state index in [1.807, 2.05) is 13.8 Å². The monoisotopic (exact) mass is 400 g/mol. The molecule has 1 aliphatic carbocycles. The highest BCUT2D eigenvalue weighted by molar-refractivity contribution is 6.05. The van der Waals surface area contributed by atoms with Gasteiger partial charge in [-0.25, -0.2) is 9.37 Å². The van der Waals surface area contributed by atoms with Gasteiger partial charge < -0.3 is 16.4 Å². The molecule has 29 heavy (non-hydrogen) atoms. The predicted molar refractivity (Wildman–Crippen MR) is 110 cm³/mol. The van der Waals surface area contributed by atoms with Crippen LogP contribution in [0.2, 0.25) is 0 Å². The van der Waals surface area contributed by atoms with Gasteiger partial charge in [-0.1, -0.05) is 26.2 Å². The molecule has 2 aliphatic rings. The van der Waals surface area contributed by atoms with Crippen LogP contribution in [0.1, 0.15) is 68.3 Å². The molecular weight excluding hydrogens is 371 g/mol. The van der Waals surface area contributed by atoms with Crippen LogP contribution < -0.4 is 16.4 Å². The molecule has 4 rings (SSSR count). The molecule has 1 saturated carbocycles. The first-order valence-electron chi connectivity index (χ1n) is 10.4. The molecule has 1 unspecified atom stereocenters. The van der Waals surface area contributed by atoms with E-state index in [0.29, 0.717) is 28.8 Å². The van der Waals surface area contributed by atoms with E-state index in [4.69, 9.17) is 5.73 Å². The quantitative estimate of drug-likeness (QED) is 0.717. The lowest BCUT2D eigenvalue weighted by Gasteiger charge is -2.31. The van der Waals surface area contributed by atoms with Crippen molar-refractivity contribution in [3.8, 4) is 11.3 Å². The Morgan fingerprint density at radius 1 is 1.41 bits per heavy atom. The highest BCUT2D eigenvalue weighted by Gasteiger charge is 2.44. The van der Waals surface area contributed by atoms with Crippen LogP contribution in [0.5, 0.6) is 0 Å². The maximum atomic E-state index is 15.8. The van der Waals surface area contributed by atoms with Crippen LogP contribution >= 0.6 is 0 Å². The Hall–Kier alpha value is -2.48. The zero-order chi connectivity index (χ0) is 20.8. The first-order chi connectivity index (χ1) is 13.8. The second-order valence-electron chi connectivity index (χ2n) is 8.51. The van der Waals surface area contributed by atoms with Crippen molar-refractivity contribution in [2.24, 2.45) is 12.8 Å². The molecule has 7 nitrogen and oxygen atoms in total. The van der Waals surface area contributed by atoms with E-state index in [0.717, 1.165) is 32.1 Å². The molecule has 0 spiro atoms. The van der Waals surface area contributed by atoms with E-state index in [-0.39, 0.29) is 23.8 Å². The van der Waals surface area contributed by atoms with E-state index in [1.165, 1.54) is 0 Å². The van der Waals surface area contributed by atoms with Crippen molar-refractivity contribution < 1.29 is 9.18 Å². The van der Waals surface area contributed by atoms with Crippen LogP contribution in [0.15, 0.2) is 12.4 Å². The number of hydrogen-bond acceptors (Lipinski definition) is 5. The molecule has 156 valence electrons. The lowest BCUT2D eigenvalue weighted by molar-refractivity contribution is 0.0932. The molecule has 8 heteroatoms. The third-order valence-electron chi connectivity index (χ3n) is 6.18. The number of nitrogens with two attached hydrogens (primary N) is 1. The molecule has 1 aliphatic heterocycles. The number of fused-ring (bicyclic) bond motifs is 1. The van der Waals surface area contributed by atoms with Crippen molar-refractivity contribution >= 4 is 11.7 Å². The molecular formula is C21H29FN6O. The highest BCUT2D eigenvalue weighted by Crippen LogP contribution is 2.42. The third-order valence-corrected chi connectivity index (χ3v) is 6.18. The molecule has 1 amide bonds. The van der Waals surface area contributed by atoms with Gasteiger partial charge in [-0.15, -0.1) is 0 Å². The Labute approximate surface area is 170 Å². The van der Waals surface area contributed by atoms with Crippen LogP contribution in [-0.2, 0) is 12.6 Å². The van der Waals surface area contributed by atoms with Gasteiger partial charge in [-0.05, 0) is 26.2 Å². The fourth-order valence-corrected chi connectivity index (χ4v) is 4.73. The highest BCUT2D eigenvalue weighted by atomic mass is 19.1. The van der Waals surface area contributed by atoms with Crippen LogP contribution in [0.25, 0.3) is 11.3 Å². The zero-order valence-corrected chi connectivity index (χ0v) is 17.3. The Kier molecular flexibility index (Phi) is 5.06. The molecule has 0 bridgehead atoms. The zero-order valence-electron chi connectivity index (χ0n) is 17.3. The number of aryl methyl sites for hydroxylation is 1. The molecule has 1 fully saturated rings. The number of hydrogen-bond donors (Lipinski definition) is 3. The molecule has 0 saturated heterocycles. The van der Waals surface area contributed by atoms with Gasteiger partial charge in [0.15, 0.2) is 11.6 Å². The number of nitrogens with zero attached hydrogens (tertiary/aromatic N) is 3. The van der Waals surface area contributed by atoms with Crippen LogP contribution in [0, 0.1) is 5.82 Å². The topological polar surface area (TPSA) is 97.9 Å². The van der Waals surface area contributed by atoms with Gasteiger partial charge in [-0.2, -0.15) is 5.10 Å². The lowest BCUT2D eigenvalue weighted by Crippen LogP contribution is -2.43. The summed E-state index contributed by atoms with van der Waals surface area (Å²) in [6.07, 6.45) is 8.84. The van der Waals surface area contributed by atoms with Crippen molar-refractivity contribution in [1.82, 2.24) is 20.1 Å². The Balaban J connectivity index is 1.88. The maximum Gasteiger partial charge on any atom is 0.254 e. The number of amides is 1. The normalized spacial score (nSPS) is 26.3. The Morgan fingerprint density at radius 3 is 2.83 bits per heavy atom. The number of nitrogens with one attached hydrogen (secondary N) is 2. The van der Waals surface area contributed by atoms with Crippen molar-refractivity contribution in [3.63, 3.8) is 0 Å². The molecule has 2 aromatic heterocycles. The molecule has 2 aromatic rings. The Morgan fingerprint density at radius 2 is 2.17 bits per heavy atom. The van der Waals surface area contributed by atoms with E-state index in [2.05, 4.69) is 20.7 Å². The lowest BCUT2D eigenvalue weighted by atomic mass is 9.86. The SMILES string of the molecule is CCCC1(C)NC(=O)c2c(-c3cnn(C)c3)nc(N[C@@H]3CCCC[C@@H]3N)c(F)c21. The van der Waals surface area contributed by atoms with Crippen molar-refractivity contribution in [2.45, 2.75) is 70.0 Å². The van der Waals surface area contributed by atoms with Gasteiger partial charge in [0.2, 0.25) is 0 Å².